The molecule has 474 valence electrons. The molecule has 20 nitrogen and oxygen atoms in total. The molecule has 0 fully saturated rings. The van der Waals surface area contributed by atoms with Crippen LogP contribution >= 0.6 is 0 Å². The van der Waals surface area contributed by atoms with Gasteiger partial charge in [0.1, 0.15) is 17.5 Å². The summed E-state index contributed by atoms with van der Waals surface area (Å²) in [5.41, 5.74) is 9.13. The number of anilines is 3. The van der Waals surface area contributed by atoms with Crippen LogP contribution in [0.1, 0.15) is 42.6 Å². The zero-order valence-corrected chi connectivity index (χ0v) is 51.0. The fraction of sp³-hybridized carbons (Fsp3) is 0.0548. The van der Waals surface area contributed by atoms with Crippen LogP contribution in [0, 0.1) is 17.5 Å². The molecule has 14 aromatic rings. The SMILES string of the molecule is COc1cc(F)ccc1Oc1nc2ccccc2nc1C(=O)Nc1ccc2c(c1)C=CC2.COc1cc(F)ccc1Oc1nc2ccccc2nc1C(=O)Nc1ccc2cc[nH]c2c1.COc1cc(F)ccc1Oc1nc2ccccc2nc1C(=O)Nc1ccc2cc[nH]c2c1. The molecule has 1 aliphatic rings. The summed E-state index contributed by atoms with van der Waals surface area (Å²) in [5.74, 6) is -1.78. The van der Waals surface area contributed by atoms with Crippen LogP contribution in [0.2, 0.25) is 0 Å². The quantitative estimate of drug-likeness (QED) is 0.0640. The van der Waals surface area contributed by atoms with Gasteiger partial charge in [0.25, 0.3) is 35.4 Å². The molecule has 0 bridgehead atoms. The van der Waals surface area contributed by atoms with Crippen molar-refractivity contribution in [1.82, 2.24) is 39.9 Å². The number of benzene rings is 9. The van der Waals surface area contributed by atoms with E-state index in [1.54, 1.807) is 60.7 Å². The van der Waals surface area contributed by atoms with Crippen molar-refractivity contribution in [1.29, 1.82) is 0 Å². The summed E-state index contributed by atoms with van der Waals surface area (Å²) < 4.78 is 74.0. The highest BCUT2D eigenvalue weighted by atomic mass is 19.1. The molecule has 0 aliphatic heterocycles. The Labute approximate surface area is 543 Å². The first-order valence-corrected chi connectivity index (χ1v) is 29.5. The zero-order chi connectivity index (χ0) is 66.2. The number of para-hydroxylation sites is 6. The summed E-state index contributed by atoms with van der Waals surface area (Å²) in [4.78, 5) is 72.6. The highest BCUT2D eigenvalue weighted by Gasteiger charge is 2.25. The highest BCUT2D eigenvalue weighted by molar-refractivity contribution is 6.08. The lowest BCUT2D eigenvalue weighted by atomic mass is 10.1. The molecule has 1 aliphatic carbocycles. The second-order valence-electron chi connectivity index (χ2n) is 21.2. The average Bonchev–Trinajstić information content (AvgIpc) is 0.976. The Kier molecular flexibility index (Phi) is 17.6. The molecule has 5 N–H and O–H groups in total. The van der Waals surface area contributed by atoms with E-state index in [1.807, 2.05) is 97.3 Å². The lowest BCUT2D eigenvalue weighted by Crippen LogP contribution is -2.16. The Morgan fingerprint density at radius 2 is 0.729 bits per heavy atom. The molecular weight excluding hydrogens is 1230 g/mol. The Morgan fingerprint density at radius 3 is 1.09 bits per heavy atom. The maximum Gasteiger partial charge on any atom is 0.279 e. The van der Waals surface area contributed by atoms with Gasteiger partial charge in [0.2, 0.25) is 0 Å². The van der Waals surface area contributed by atoms with Gasteiger partial charge in [-0.2, -0.15) is 0 Å². The summed E-state index contributed by atoms with van der Waals surface area (Å²) in [7, 11) is 4.21. The molecule has 0 unspecified atom stereocenters. The second-order valence-corrected chi connectivity index (χ2v) is 21.2. The van der Waals surface area contributed by atoms with Crippen molar-refractivity contribution in [2.75, 3.05) is 37.3 Å². The number of rotatable bonds is 15. The second kappa shape index (κ2) is 27.3. The van der Waals surface area contributed by atoms with E-state index in [9.17, 15) is 27.6 Å². The minimum Gasteiger partial charge on any atom is -0.493 e. The number of carbonyl (C=O) groups excluding carboxylic acids is 3. The van der Waals surface area contributed by atoms with E-state index in [1.165, 1.54) is 81.5 Å². The van der Waals surface area contributed by atoms with Crippen LogP contribution in [0.25, 0.3) is 61.0 Å². The molecule has 0 saturated heterocycles. The predicted octanol–water partition coefficient (Wildman–Crippen LogP) is 16.0. The number of methoxy groups -OCH3 is 3. The zero-order valence-electron chi connectivity index (χ0n) is 51.0. The predicted molar refractivity (Wildman–Crippen MR) is 357 cm³/mol. The van der Waals surface area contributed by atoms with Gasteiger partial charge in [-0.05, 0) is 150 Å². The number of H-pyrrole nitrogens is 2. The number of allylic oxidation sites excluding steroid dienone is 1. The monoisotopic (exact) mass is 1280 g/mol. The molecule has 5 heterocycles. The van der Waals surface area contributed by atoms with Gasteiger partial charge in [0.05, 0.1) is 54.4 Å². The van der Waals surface area contributed by atoms with Crippen LogP contribution in [-0.2, 0) is 6.42 Å². The van der Waals surface area contributed by atoms with E-state index in [2.05, 4.69) is 61.9 Å². The first kappa shape index (κ1) is 61.7. The first-order valence-electron chi connectivity index (χ1n) is 29.5. The number of carbonyl (C=O) groups is 3. The van der Waals surface area contributed by atoms with Gasteiger partial charge in [-0.15, -0.1) is 0 Å². The van der Waals surface area contributed by atoms with Gasteiger partial charge >= 0.3 is 0 Å². The number of halogens is 3. The number of aromatic nitrogens is 8. The topological polar surface area (TPSA) is 252 Å². The van der Waals surface area contributed by atoms with Crippen LogP contribution in [0.3, 0.4) is 0 Å². The Bertz CT molecular complexity index is 5130. The maximum atomic E-state index is 13.6. The normalized spacial score (nSPS) is 11.3. The fourth-order valence-electron chi connectivity index (χ4n) is 10.2. The van der Waals surface area contributed by atoms with E-state index in [-0.39, 0.29) is 69.2 Å². The number of fused-ring (bicyclic) bond motifs is 6. The molecule has 15 rings (SSSR count). The summed E-state index contributed by atoms with van der Waals surface area (Å²) >= 11 is 0. The number of amides is 3. The van der Waals surface area contributed by atoms with Crippen molar-refractivity contribution in [2.45, 2.75) is 6.42 Å². The van der Waals surface area contributed by atoms with E-state index in [4.69, 9.17) is 28.4 Å². The van der Waals surface area contributed by atoms with Gasteiger partial charge in [0, 0.05) is 58.7 Å². The molecule has 96 heavy (non-hydrogen) atoms. The van der Waals surface area contributed by atoms with Crippen LogP contribution < -0.4 is 44.4 Å². The van der Waals surface area contributed by atoms with E-state index in [0.29, 0.717) is 50.2 Å². The van der Waals surface area contributed by atoms with Crippen molar-refractivity contribution in [3.05, 3.63) is 258 Å². The van der Waals surface area contributed by atoms with Crippen molar-refractivity contribution in [3.8, 4) is 52.1 Å². The average molecular weight is 1280 g/mol. The number of hydrogen-bond acceptors (Lipinski definition) is 15. The van der Waals surface area contributed by atoms with Gasteiger partial charge in [0.15, 0.2) is 51.6 Å². The van der Waals surface area contributed by atoms with E-state index >= 15 is 0 Å². The third kappa shape index (κ3) is 13.7. The summed E-state index contributed by atoms with van der Waals surface area (Å²) in [6.45, 7) is 0. The van der Waals surface area contributed by atoms with Crippen LogP contribution in [-0.4, -0.2) is 78.9 Å². The molecule has 0 saturated carbocycles. The van der Waals surface area contributed by atoms with Crippen molar-refractivity contribution in [3.63, 3.8) is 0 Å². The van der Waals surface area contributed by atoms with Gasteiger partial charge in [-0.1, -0.05) is 66.7 Å². The Balaban J connectivity index is 0.000000130. The fourth-order valence-corrected chi connectivity index (χ4v) is 10.2. The third-order valence-electron chi connectivity index (χ3n) is 14.9. The molecule has 0 atom stereocenters. The number of nitrogens with zero attached hydrogens (tertiary/aromatic N) is 6. The van der Waals surface area contributed by atoms with Gasteiger partial charge < -0.3 is 54.3 Å². The van der Waals surface area contributed by atoms with Crippen molar-refractivity contribution < 1.29 is 56.0 Å². The lowest BCUT2D eigenvalue weighted by molar-refractivity contribution is 0.101. The van der Waals surface area contributed by atoms with Crippen LogP contribution in [0.15, 0.2) is 213 Å². The molecular formula is C73H52F3N11O9. The minimum atomic E-state index is -0.495. The summed E-state index contributed by atoms with van der Waals surface area (Å²) in [6.07, 6.45) is 8.64. The lowest BCUT2D eigenvalue weighted by Gasteiger charge is -2.13. The molecule has 0 radical (unpaired) electrons. The maximum absolute atomic E-state index is 13.6. The number of aromatic amines is 2. The minimum absolute atomic E-state index is 0.00567. The molecule has 3 amide bonds. The molecule has 9 aromatic carbocycles. The molecule has 23 heteroatoms. The summed E-state index contributed by atoms with van der Waals surface area (Å²) in [6, 6.07) is 53.6. The largest absolute Gasteiger partial charge is 0.493 e. The number of nitrogens with one attached hydrogen (secondary N) is 5. The summed E-state index contributed by atoms with van der Waals surface area (Å²) in [5, 5.41) is 10.6. The van der Waals surface area contributed by atoms with Crippen LogP contribution in [0.5, 0.6) is 52.1 Å². The van der Waals surface area contributed by atoms with Crippen molar-refractivity contribution >= 4 is 95.8 Å². The van der Waals surface area contributed by atoms with E-state index < -0.39 is 35.2 Å². The number of hydrogen-bond donors (Lipinski definition) is 5. The third-order valence-corrected chi connectivity index (χ3v) is 14.9. The highest BCUT2D eigenvalue weighted by Crippen LogP contribution is 2.37. The van der Waals surface area contributed by atoms with E-state index in [0.717, 1.165) is 33.8 Å². The number of ether oxygens (including phenoxy) is 6. The molecule has 5 aromatic heterocycles. The van der Waals surface area contributed by atoms with Crippen LogP contribution in [0.4, 0.5) is 30.2 Å². The first-order chi connectivity index (χ1) is 46.8. The van der Waals surface area contributed by atoms with Gasteiger partial charge in [-0.3, -0.25) is 14.4 Å². The standard InChI is InChI=1S/C25H18FN3O3.2C24H17FN4O3/c1-31-22-14-17(26)10-12-21(22)32-25-23(28-19-7-2-3-8-20(19)29-25)24(30)27-18-11-9-15-5-4-6-16(15)13-18;2*1-31-21-12-15(25)7-9-20(21)32-24-22(28-17-4-2-3-5-18(17)29-24)23(30)27-16-8-6-14-10-11-26-19(14)13-16/h2-4,6-14H,5H2,1H3,(H,27,30);2*2-13,26H,1H3,(H,27,30). The van der Waals surface area contributed by atoms with Gasteiger partial charge in [-0.25, -0.2) is 43.1 Å². The smallest absolute Gasteiger partial charge is 0.279 e. The Morgan fingerprint density at radius 1 is 0.385 bits per heavy atom. The Hall–Kier alpha value is -13.2. The molecule has 0 spiro atoms. The van der Waals surface area contributed by atoms with Crippen molar-refractivity contribution in [2.24, 2.45) is 0 Å².